The fourth-order valence-corrected chi connectivity index (χ4v) is 4.28. The molecule has 1 N–H and O–H groups in total. The molecule has 1 fully saturated rings. The van der Waals surface area contributed by atoms with Crippen molar-refractivity contribution in [2.24, 2.45) is 11.8 Å². The lowest BCUT2D eigenvalue weighted by molar-refractivity contribution is 0.245. The largest absolute Gasteiger partial charge is 0.331 e. The van der Waals surface area contributed by atoms with E-state index in [1.54, 1.807) is 4.57 Å². The lowest BCUT2D eigenvalue weighted by atomic mass is 9.81. The molecule has 3 rings (SSSR count). The predicted molar refractivity (Wildman–Crippen MR) is 87.0 cm³/mol. The van der Waals surface area contributed by atoms with Gasteiger partial charge in [0, 0.05) is 6.54 Å². The molecule has 0 bridgehead atoms. The summed E-state index contributed by atoms with van der Waals surface area (Å²) in [4.78, 5) is 15.7. The van der Waals surface area contributed by atoms with Crippen molar-refractivity contribution in [3.05, 3.63) is 26.6 Å². The maximum Gasteiger partial charge on any atom is 0.272 e. The lowest BCUT2D eigenvalue weighted by Gasteiger charge is -2.28. The van der Waals surface area contributed by atoms with Crippen molar-refractivity contribution in [3.63, 3.8) is 0 Å². The normalized spacial score (nSPS) is 23.2. The van der Waals surface area contributed by atoms with Crippen LogP contribution < -0.4 is 5.56 Å². The van der Waals surface area contributed by atoms with Gasteiger partial charge in [-0.3, -0.25) is 9.36 Å². The van der Waals surface area contributed by atoms with Crippen molar-refractivity contribution >= 4 is 33.8 Å². The van der Waals surface area contributed by atoms with Gasteiger partial charge in [-0.05, 0) is 48.3 Å². The van der Waals surface area contributed by atoms with Crippen LogP contribution in [0.4, 0.5) is 0 Å². The highest BCUT2D eigenvalue weighted by atomic mass is 32.1. The molecule has 0 amide bonds. The Morgan fingerprint density at radius 1 is 1.35 bits per heavy atom. The monoisotopic (exact) mass is 308 g/mol. The number of fused-ring (bicyclic) bond motifs is 1. The Balaban J connectivity index is 1.84. The number of nitrogens with zero attached hydrogens (tertiary/aromatic N) is 1. The number of aromatic amines is 1. The van der Waals surface area contributed by atoms with Gasteiger partial charge in [0.2, 0.25) is 0 Å². The second kappa shape index (κ2) is 5.82. The first-order valence-electron chi connectivity index (χ1n) is 7.39. The Morgan fingerprint density at radius 3 is 2.75 bits per heavy atom. The number of hydrogen-bond donors (Lipinski definition) is 1. The number of thiophene rings is 1. The Labute approximate surface area is 127 Å². The van der Waals surface area contributed by atoms with E-state index < -0.39 is 0 Å². The smallest absolute Gasteiger partial charge is 0.272 e. The van der Waals surface area contributed by atoms with E-state index in [2.05, 4.69) is 11.9 Å². The van der Waals surface area contributed by atoms with Crippen LogP contribution >= 0.6 is 23.6 Å². The SMILES string of the molecule is CCC1CCC(Cn2c(=S)[nH]c3ccsc3c2=O)CC1. The molecule has 2 aromatic rings. The first kappa shape index (κ1) is 14.0. The standard InChI is InChI=1S/C15H20N2OS2/c1-2-10-3-5-11(6-4-10)9-17-14(18)13-12(7-8-20-13)16-15(17)19/h7-8,10-11H,2-6,9H2,1H3,(H,16,19). The molecule has 20 heavy (non-hydrogen) atoms. The van der Waals surface area contributed by atoms with Gasteiger partial charge in [0.15, 0.2) is 4.77 Å². The van der Waals surface area contributed by atoms with Crippen LogP contribution in [0.2, 0.25) is 0 Å². The summed E-state index contributed by atoms with van der Waals surface area (Å²) in [5, 5.41) is 1.94. The third-order valence-corrected chi connectivity index (χ3v) is 5.80. The van der Waals surface area contributed by atoms with Crippen LogP contribution in [0, 0.1) is 16.6 Å². The lowest BCUT2D eigenvalue weighted by Crippen LogP contribution is -2.27. The van der Waals surface area contributed by atoms with Crippen molar-refractivity contribution in [1.82, 2.24) is 9.55 Å². The maximum atomic E-state index is 12.5. The van der Waals surface area contributed by atoms with E-state index in [1.807, 2.05) is 11.4 Å². The molecule has 0 radical (unpaired) electrons. The zero-order valence-electron chi connectivity index (χ0n) is 11.7. The number of H-pyrrole nitrogens is 1. The molecule has 0 aromatic carbocycles. The molecular weight excluding hydrogens is 288 g/mol. The summed E-state index contributed by atoms with van der Waals surface area (Å²) in [5.41, 5.74) is 0.951. The summed E-state index contributed by atoms with van der Waals surface area (Å²) in [6.45, 7) is 3.05. The number of hydrogen-bond acceptors (Lipinski definition) is 3. The van der Waals surface area contributed by atoms with Crippen molar-refractivity contribution in [2.75, 3.05) is 0 Å². The molecule has 0 aliphatic heterocycles. The summed E-state index contributed by atoms with van der Waals surface area (Å²) in [5.74, 6) is 1.49. The molecule has 108 valence electrons. The summed E-state index contributed by atoms with van der Waals surface area (Å²) >= 11 is 6.85. The molecule has 0 saturated heterocycles. The minimum Gasteiger partial charge on any atom is -0.331 e. The summed E-state index contributed by atoms with van der Waals surface area (Å²) < 4.78 is 3.13. The van der Waals surface area contributed by atoms with Crippen molar-refractivity contribution in [3.8, 4) is 0 Å². The van der Waals surface area contributed by atoms with Gasteiger partial charge in [-0.25, -0.2) is 0 Å². The zero-order chi connectivity index (χ0) is 14.1. The third-order valence-electron chi connectivity index (χ3n) is 4.58. The summed E-state index contributed by atoms with van der Waals surface area (Å²) in [6.07, 6.45) is 6.33. The second-order valence-electron chi connectivity index (χ2n) is 5.80. The number of nitrogens with one attached hydrogen (secondary N) is 1. The topological polar surface area (TPSA) is 37.8 Å². The molecule has 2 heterocycles. The molecule has 0 spiro atoms. The zero-order valence-corrected chi connectivity index (χ0v) is 13.4. The molecule has 0 atom stereocenters. The van der Waals surface area contributed by atoms with Gasteiger partial charge in [0.05, 0.1) is 5.52 Å². The number of aromatic nitrogens is 2. The van der Waals surface area contributed by atoms with Crippen LogP contribution in [-0.4, -0.2) is 9.55 Å². The Hall–Kier alpha value is -0.940. The summed E-state index contributed by atoms with van der Waals surface area (Å²) in [6, 6.07) is 1.92. The quantitative estimate of drug-likeness (QED) is 0.857. The van der Waals surface area contributed by atoms with Crippen LogP contribution in [0.5, 0.6) is 0 Å². The first-order chi connectivity index (χ1) is 9.69. The van der Waals surface area contributed by atoms with E-state index in [-0.39, 0.29) is 5.56 Å². The fourth-order valence-electron chi connectivity index (χ4n) is 3.22. The van der Waals surface area contributed by atoms with Gasteiger partial charge in [-0.1, -0.05) is 26.2 Å². The molecule has 1 saturated carbocycles. The molecular formula is C15H20N2OS2. The average molecular weight is 308 g/mol. The van der Waals surface area contributed by atoms with E-state index in [1.165, 1.54) is 43.4 Å². The van der Waals surface area contributed by atoms with E-state index >= 15 is 0 Å². The Bertz CT molecular complexity index is 704. The molecule has 5 heteroatoms. The van der Waals surface area contributed by atoms with Gasteiger partial charge < -0.3 is 4.98 Å². The van der Waals surface area contributed by atoms with Crippen LogP contribution in [0.25, 0.3) is 10.2 Å². The molecule has 1 aliphatic rings. The highest BCUT2D eigenvalue weighted by Gasteiger charge is 2.21. The van der Waals surface area contributed by atoms with E-state index in [0.29, 0.717) is 10.7 Å². The Morgan fingerprint density at radius 2 is 2.05 bits per heavy atom. The van der Waals surface area contributed by atoms with Gasteiger partial charge in [0.25, 0.3) is 5.56 Å². The minimum absolute atomic E-state index is 0.0800. The highest BCUT2D eigenvalue weighted by molar-refractivity contribution is 7.71. The Kier molecular flexibility index (Phi) is 4.08. The van der Waals surface area contributed by atoms with Crippen LogP contribution in [0.1, 0.15) is 39.0 Å². The van der Waals surface area contributed by atoms with Crippen LogP contribution in [0.15, 0.2) is 16.2 Å². The summed E-state index contributed by atoms with van der Waals surface area (Å²) in [7, 11) is 0. The average Bonchev–Trinajstić information content (AvgIpc) is 2.92. The van der Waals surface area contributed by atoms with Crippen molar-refractivity contribution in [1.29, 1.82) is 0 Å². The molecule has 2 aromatic heterocycles. The van der Waals surface area contributed by atoms with Gasteiger partial charge in [-0.2, -0.15) is 0 Å². The first-order valence-corrected chi connectivity index (χ1v) is 8.68. The van der Waals surface area contributed by atoms with Gasteiger partial charge >= 0.3 is 0 Å². The predicted octanol–water partition coefficient (Wildman–Crippen LogP) is 4.34. The van der Waals surface area contributed by atoms with E-state index in [9.17, 15) is 4.79 Å². The molecule has 1 aliphatic carbocycles. The second-order valence-corrected chi connectivity index (χ2v) is 7.11. The molecule has 0 unspecified atom stereocenters. The number of rotatable bonds is 3. The maximum absolute atomic E-state index is 12.5. The minimum atomic E-state index is 0.0800. The van der Waals surface area contributed by atoms with Crippen LogP contribution in [0.3, 0.4) is 0 Å². The fraction of sp³-hybridized carbons (Fsp3) is 0.600. The van der Waals surface area contributed by atoms with E-state index in [0.717, 1.165) is 22.7 Å². The van der Waals surface area contributed by atoms with Crippen molar-refractivity contribution in [2.45, 2.75) is 45.6 Å². The van der Waals surface area contributed by atoms with E-state index in [4.69, 9.17) is 12.2 Å². The molecule has 3 nitrogen and oxygen atoms in total. The van der Waals surface area contributed by atoms with Gasteiger partial charge in [0.1, 0.15) is 4.70 Å². The highest BCUT2D eigenvalue weighted by Crippen LogP contribution is 2.31. The third kappa shape index (κ3) is 2.61. The van der Waals surface area contributed by atoms with Crippen LogP contribution in [-0.2, 0) is 6.54 Å². The van der Waals surface area contributed by atoms with Crippen molar-refractivity contribution < 1.29 is 0 Å². The van der Waals surface area contributed by atoms with Gasteiger partial charge in [-0.15, -0.1) is 11.3 Å².